The Balaban J connectivity index is 0.00000248. The Labute approximate surface area is 254 Å². The van der Waals surface area contributed by atoms with Crippen LogP contribution < -0.4 is 10.5 Å². The molecule has 0 aliphatic carbocycles. The number of carbonyl (C=O) groups is 1. The summed E-state index contributed by atoms with van der Waals surface area (Å²) in [6.45, 7) is 11.3. The monoisotopic (exact) mass is 593 g/mol. The van der Waals surface area contributed by atoms with E-state index in [1.165, 1.54) is 12.1 Å². The Morgan fingerprint density at radius 1 is 0.977 bits per heavy atom. The molecule has 1 heterocycles. The van der Waals surface area contributed by atoms with E-state index < -0.39 is 17.5 Å². The van der Waals surface area contributed by atoms with Crippen LogP contribution in [0.3, 0.4) is 0 Å². The van der Waals surface area contributed by atoms with Crippen LogP contribution in [-0.2, 0) is 24.2 Å². The summed E-state index contributed by atoms with van der Waals surface area (Å²) in [6.07, 6.45) is 4.75. The molecule has 8 heteroatoms. The van der Waals surface area contributed by atoms with E-state index in [1.807, 2.05) is 39.0 Å². The van der Waals surface area contributed by atoms with Crippen LogP contribution >= 0.6 is 0 Å². The predicted octanol–water partition coefficient (Wildman–Crippen LogP) is 7.46. The smallest absolute Gasteiger partial charge is 0.248 e. The highest BCUT2D eigenvalue weighted by atomic mass is 19.1. The number of rotatable bonds is 15. The second kappa shape index (κ2) is 17.4. The minimum Gasteiger partial charge on any atom is -0.494 e. The fourth-order valence-corrected chi connectivity index (χ4v) is 5.19. The third kappa shape index (κ3) is 10.2. The van der Waals surface area contributed by atoms with Crippen LogP contribution in [0.25, 0.3) is 0 Å². The molecule has 43 heavy (non-hydrogen) atoms. The molecule has 0 fully saturated rings. The number of carbonyl (C=O) groups excluding carboxylic acids is 1. The maximum atomic E-state index is 14.3. The minimum atomic E-state index is -0.562. The van der Waals surface area contributed by atoms with E-state index in [4.69, 9.17) is 15.3 Å². The van der Waals surface area contributed by atoms with Crippen LogP contribution in [0, 0.1) is 11.6 Å². The summed E-state index contributed by atoms with van der Waals surface area (Å²) in [4.78, 5) is 19.5. The van der Waals surface area contributed by atoms with Gasteiger partial charge >= 0.3 is 0 Å². The molecule has 0 saturated heterocycles. The Morgan fingerprint density at radius 3 is 2.37 bits per heavy atom. The number of nitrogens with zero attached hydrogens (tertiary/aromatic N) is 2. The lowest BCUT2D eigenvalue weighted by Crippen LogP contribution is -2.27. The van der Waals surface area contributed by atoms with Crippen molar-refractivity contribution in [1.82, 2.24) is 4.90 Å². The molecule has 232 valence electrons. The van der Waals surface area contributed by atoms with Gasteiger partial charge in [0.05, 0.1) is 12.3 Å². The molecule has 4 rings (SSSR count). The van der Waals surface area contributed by atoms with E-state index >= 15 is 0 Å². The first-order chi connectivity index (χ1) is 20.9. The molecule has 0 radical (unpaired) electrons. The van der Waals surface area contributed by atoms with Gasteiger partial charge in [0.2, 0.25) is 5.91 Å². The molecule has 0 bridgehead atoms. The molecule has 3 aromatic rings. The molecular formula is C35H45F2N3O3. The molecule has 0 spiro atoms. The molecule has 1 aliphatic rings. The molecule has 3 aromatic carbocycles. The van der Waals surface area contributed by atoms with Crippen molar-refractivity contribution in [2.45, 2.75) is 78.9 Å². The molecule has 0 saturated carbocycles. The van der Waals surface area contributed by atoms with Crippen molar-refractivity contribution in [2.75, 3.05) is 19.7 Å². The Hall–Kier alpha value is -3.78. The zero-order valence-electron chi connectivity index (χ0n) is 25.9. The average molecular weight is 594 g/mol. The van der Waals surface area contributed by atoms with E-state index in [2.05, 4.69) is 29.1 Å². The maximum absolute atomic E-state index is 14.3. The average Bonchev–Trinajstić information content (AvgIpc) is 3.48. The maximum Gasteiger partial charge on any atom is 0.248 e. The van der Waals surface area contributed by atoms with Gasteiger partial charge in [-0.3, -0.25) is 9.69 Å². The largest absolute Gasteiger partial charge is 0.494 e. The summed E-state index contributed by atoms with van der Waals surface area (Å²) >= 11 is 0. The number of benzene rings is 3. The highest BCUT2D eigenvalue weighted by Crippen LogP contribution is 2.24. The van der Waals surface area contributed by atoms with Gasteiger partial charge < -0.3 is 15.3 Å². The van der Waals surface area contributed by atoms with Gasteiger partial charge in [-0.2, -0.15) is 0 Å². The Morgan fingerprint density at radius 2 is 1.70 bits per heavy atom. The van der Waals surface area contributed by atoms with Gasteiger partial charge in [-0.25, -0.2) is 8.78 Å². The fourth-order valence-electron chi connectivity index (χ4n) is 5.19. The lowest BCUT2D eigenvalue weighted by molar-refractivity contribution is 0.0744. The van der Waals surface area contributed by atoms with E-state index in [0.29, 0.717) is 30.6 Å². The zero-order chi connectivity index (χ0) is 31.2. The van der Waals surface area contributed by atoms with E-state index in [1.54, 1.807) is 12.1 Å². The highest BCUT2D eigenvalue weighted by molar-refractivity contribution is 6.02. The standard InChI is InChI=1S/C33H39F2N3O3.C2H6/c1-3-17-38(18-5-6-30-21-32(37-41-30)25-9-11-26(12-10-25)33(36)39)22-27-19-29(40-4-2)16-14-23(27)7-8-24-13-15-28(34)20-31(24)35;1-2/h9-16,19-20,30H,3-8,17-18,21-22H2,1-2H3,(H2,36,39);1-2H3. The summed E-state index contributed by atoms with van der Waals surface area (Å²) in [5, 5.41) is 4.28. The van der Waals surface area contributed by atoms with Gasteiger partial charge in [-0.15, -0.1) is 0 Å². The zero-order valence-corrected chi connectivity index (χ0v) is 25.9. The summed E-state index contributed by atoms with van der Waals surface area (Å²) in [6, 6.07) is 17.0. The molecule has 1 aliphatic heterocycles. The number of hydrogen-bond donors (Lipinski definition) is 1. The number of hydrogen-bond acceptors (Lipinski definition) is 5. The molecule has 1 amide bonds. The van der Waals surface area contributed by atoms with Crippen molar-refractivity contribution in [3.8, 4) is 5.75 Å². The Kier molecular flexibility index (Phi) is 13.6. The van der Waals surface area contributed by atoms with Gasteiger partial charge in [0.15, 0.2) is 0 Å². The number of oxime groups is 1. The van der Waals surface area contributed by atoms with Crippen LogP contribution in [-0.4, -0.2) is 42.3 Å². The van der Waals surface area contributed by atoms with Gasteiger partial charge in [0.25, 0.3) is 0 Å². The van der Waals surface area contributed by atoms with E-state index in [9.17, 15) is 13.6 Å². The normalized spacial score (nSPS) is 14.1. The van der Waals surface area contributed by atoms with Crippen LogP contribution in [0.4, 0.5) is 8.78 Å². The van der Waals surface area contributed by atoms with Crippen molar-refractivity contribution >= 4 is 11.6 Å². The van der Waals surface area contributed by atoms with Crippen molar-refractivity contribution in [3.05, 3.63) is 100 Å². The molecule has 1 unspecified atom stereocenters. The van der Waals surface area contributed by atoms with Crippen LogP contribution in [0.2, 0.25) is 0 Å². The van der Waals surface area contributed by atoms with Crippen LogP contribution in [0.1, 0.15) is 86.0 Å². The second-order valence-corrected chi connectivity index (χ2v) is 10.4. The van der Waals surface area contributed by atoms with Gasteiger partial charge in [0, 0.05) is 24.6 Å². The van der Waals surface area contributed by atoms with E-state index in [0.717, 1.165) is 79.5 Å². The minimum absolute atomic E-state index is 0.0201. The van der Waals surface area contributed by atoms with Crippen LogP contribution in [0.5, 0.6) is 5.75 Å². The summed E-state index contributed by atoms with van der Waals surface area (Å²) < 4.78 is 33.4. The number of aryl methyl sites for hydroxylation is 2. The predicted molar refractivity (Wildman–Crippen MR) is 169 cm³/mol. The van der Waals surface area contributed by atoms with Crippen LogP contribution in [0.15, 0.2) is 65.8 Å². The first-order valence-electron chi connectivity index (χ1n) is 15.4. The quantitative estimate of drug-likeness (QED) is 0.198. The van der Waals surface area contributed by atoms with Crippen molar-refractivity contribution in [1.29, 1.82) is 0 Å². The van der Waals surface area contributed by atoms with E-state index in [-0.39, 0.29) is 6.10 Å². The summed E-state index contributed by atoms with van der Waals surface area (Å²) in [5.41, 5.74) is 10.4. The third-order valence-electron chi connectivity index (χ3n) is 7.34. The number of primary amides is 1. The lowest BCUT2D eigenvalue weighted by atomic mass is 9.98. The van der Waals surface area contributed by atoms with Gasteiger partial charge in [-0.05, 0) is 105 Å². The topological polar surface area (TPSA) is 77.2 Å². The molecule has 0 aromatic heterocycles. The first kappa shape index (κ1) is 33.7. The second-order valence-electron chi connectivity index (χ2n) is 10.4. The third-order valence-corrected chi connectivity index (χ3v) is 7.34. The molecular weight excluding hydrogens is 548 g/mol. The Bertz CT molecular complexity index is 1340. The number of amides is 1. The number of ether oxygens (including phenoxy) is 1. The SMILES string of the molecule is CC.CCCN(CCCC1CC(c2ccc(C(N)=O)cc2)=NO1)Cc1cc(OCC)ccc1CCc1ccc(F)cc1F. The fraction of sp³-hybridized carbons (Fsp3) is 0.429. The number of nitrogens with two attached hydrogens (primary N) is 1. The van der Waals surface area contributed by atoms with Crippen molar-refractivity contribution in [3.63, 3.8) is 0 Å². The van der Waals surface area contributed by atoms with Crippen molar-refractivity contribution in [2.24, 2.45) is 10.9 Å². The molecule has 1 atom stereocenters. The lowest BCUT2D eigenvalue weighted by Gasteiger charge is -2.24. The van der Waals surface area contributed by atoms with Gasteiger partial charge in [-0.1, -0.05) is 50.2 Å². The molecule has 2 N–H and O–H groups in total. The highest BCUT2D eigenvalue weighted by Gasteiger charge is 2.22. The summed E-state index contributed by atoms with van der Waals surface area (Å²) in [7, 11) is 0. The first-order valence-corrected chi connectivity index (χ1v) is 15.4. The van der Waals surface area contributed by atoms with Gasteiger partial charge in [0.1, 0.15) is 23.5 Å². The summed E-state index contributed by atoms with van der Waals surface area (Å²) in [5.74, 6) is -0.695. The molecule has 6 nitrogen and oxygen atoms in total. The number of halogens is 2. The van der Waals surface area contributed by atoms with Crippen molar-refractivity contribution < 1.29 is 23.1 Å².